The van der Waals surface area contributed by atoms with E-state index in [0.29, 0.717) is 0 Å². The summed E-state index contributed by atoms with van der Waals surface area (Å²) in [6.07, 6.45) is 7.43. The van der Waals surface area contributed by atoms with E-state index >= 15 is 0 Å². The van der Waals surface area contributed by atoms with Gasteiger partial charge >= 0.3 is 0 Å². The van der Waals surface area contributed by atoms with Crippen molar-refractivity contribution in [3.8, 4) is 0 Å². The van der Waals surface area contributed by atoms with Crippen molar-refractivity contribution in [1.82, 2.24) is 4.90 Å². The summed E-state index contributed by atoms with van der Waals surface area (Å²) in [6, 6.07) is 0.852. The Morgan fingerprint density at radius 2 is 1.82 bits per heavy atom. The molecule has 1 spiro atoms. The molecule has 1 saturated heterocycles. The van der Waals surface area contributed by atoms with Gasteiger partial charge in [0.1, 0.15) is 0 Å². The maximum absolute atomic E-state index is 2.53. The predicted octanol–water partition coefficient (Wildman–Crippen LogP) is 2.27. The second kappa shape index (κ2) is 2.48. The van der Waals surface area contributed by atoms with E-state index in [9.17, 15) is 0 Å². The zero-order valence-corrected chi connectivity index (χ0v) is 7.77. The monoisotopic (exact) mass is 153 g/mol. The topological polar surface area (TPSA) is 3.24 Å². The summed E-state index contributed by atoms with van der Waals surface area (Å²) in [5.41, 5.74) is 0.745. The van der Waals surface area contributed by atoms with Gasteiger partial charge < -0.3 is 4.90 Å². The van der Waals surface area contributed by atoms with Gasteiger partial charge in [-0.25, -0.2) is 0 Å². The summed E-state index contributed by atoms with van der Waals surface area (Å²) >= 11 is 0. The van der Waals surface area contributed by atoms with Crippen molar-refractivity contribution < 1.29 is 0 Å². The van der Waals surface area contributed by atoms with E-state index in [4.69, 9.17) is 0 Å². The average molecular weight is 153 g/mol. The third-order valence-electron chi connectivity index (χ3n) is 4.11. The lowest BCUT2D eigenvalue weighted by Gasteiger charge is -2.30. The van der Waals surface area contributed by atoms with Crippen LogP contribution in [0.3, 0.4) is 0 Å². The molecule has 0 amide bonds. The highest BCUT2D eigenvalue weighted by Gasteiger charge is 2.44. The zero-order chi connectivity index (χ0) is 7.90. The van der Waals surface area contributed by atoms with E-state index in [1.165, 1.54) is 38.6 Å². The van der Waals surface area contributed by atoms with Crippen LogP contribution in [0.25, 0.3) is 0 Å². The zero-order valence-electron chi connectivity index (χ0n) is 7.77. The van der Waals surface area contributed by atoms with Crippen LogP contribution in [0.15, 0.2) is 0 Å². The fraction of sp³-hybridized carbons (Fsp3) is 1.00. The van der Waals surface area contributed by atoms with Crippen molar-refractivity contribution in [2.75, 3.05) is 13.6 Å². The van der Waals surface area contributed by atoms with Crippen molar-refractivity contribution in [3.05, 3.63) is 0 Å². The van der Waals surface area contributed by atoms with E-state index in [2.05, 4.69) is 18.9 Å². The Morgan fingerprint density at radius 3 is 2.27 bits per heavy atom. The lowest BCUT2D eigenvalue weighted by Crippen LogP contribution is -2.32. The van der Waals surface area contributed by atoms with Gasteiger partial charge in [0.15, 0.2) is 0 Å². The van der Waals surface area contributed by atoms with Crippen LogP contribution in [0.2, 0.25) is 0 Å². The number of hydrogen-bond donors (Lipinski definition) is 0. The van der Waals surface area contributed by atoms with E-state index < -0.39 is 0 Å². The first-order valence-corrected chi connectivity index (χ1v) is 4.95. The number of likely N-dealkylation sites (tertiary alicyclic amines) is 1. The molecular formula is C10H19N. The van der Waals surface area contributed by atoms with E-state index in [-0.39, 0.29) is 0 Å². The molecule has 0 N–H and O–H groups in total. The van der Waals surface area contributed by atoms with Gasteiger partial charge in [0.25, 0.3) is 0 Å². The first kappa shape index (κ1) is 7.60. The normalized spacial score (nSPS) is 37.1. The highest BCUT2D eigenvalue weighted by Crippen LogP contribution is 2.48. The van der Waals surface area contributed by atoms with Crippen molar-refractivity contribution >= 4 is 0 Å². The van der Waals surface area contributed by atoms with Crippen LogP contribution in [0, 0.1) is 5.41 Å². The van der Waals surface area contributed by atoms with E-state index in [0.717, 1.165) is 11.5 Å². The molecule has 2 fully saturated rings. The SMILES string of the molecule is CC1N(C)CCC12CCCC2. The summed E-state index contributed by atoms with van der Waals surface area (Å²) in [5.74, 6) is 0. The Balaban J connectivity index is 2.13. The van der Waals surface area contributed by atoms with Crippen LogP contribution in [-0.4, -0.2) is 24.5 Å². The van der Waals surface area contributed by atoms with Gasteiger partial charge in [-0.3, -0.25) is 0 Å². The maximum Gasteiger partial charge on any atom is 0.0121 e. The molecule has 1 heteroatoms. The Kier molecular flexibility index (Phi) is 1.71. The Bertz CT molecular complexity index is 147. The smallest absolute Gasteiger partial charge is 0.0121 e. The maximum atomic E-state index is 2.53. The Morgan fingerprint density at radius 1 is 1.18 bits per heavy atom. The fourth-order valence-electron chi connectivity index (χ4n) is 3.02. The second-order valence-corrected chi connectivity index (χ2v) is 4.48. The quantitative estimate of drug-likeness (QED) is 0.516. The van der Waals surface area contributed by atoms with Crippen molar-refractivity contribution in [3.63, 3.8) is 0 Å². The minimum atomic E-state index is 0.745. The van der Waals surface area contributed by atoms with Gasteiger partial charge in [-0.1, -0.05) is 12.8 Å². The van der Waals surface area contributed by atoms with Crippen LogP contribution >= 0.6 is 0 Å². The second-order valence-electron chi connectivity index (χ2n) is 4.48. The molecule has 1 aliphatic carbocycles. The van der Waals surface area contributed by atoms with Crippen LogP contribution in [0.4, 0.5) is 0 Å². The van der Waals surface area contributed by atoms with Crippen LogP contribution in [0.1, 0.15) is 39.0 Å². The molecule has 11 heavy (non-hydrogen) atoms. The summed E-state index contributed by atoms with van der Waals surface area (Å²) < 4.78 is 0. The van der Waals surface area contributed by atoms with Crippen molar-refractivity contribution in [1.29, 1.82) is 0 Å². The molecular weight excluding hydrogens is 134 g/mol. The lowest BCUT2D eigenvalue weighted by molar-refractivity contribution is 0.197. The third-order valence-corrected chi connectivity index (χ3v) is 4.11. The van der Waals surface area contributed by atoms with Crippen molar-refractivity contribution in [2.45, 2.75) is 45.1 Å². The fourth-order valence-corrected chi connectivity index (χ4v) is 3.02. The number of rotatable bonds is 0. The van der Waals surface area contributed by atoms with Gasteiger partial charge in [0.05, 0.1) is 0 Å². The largest absolute Gasteiger partial charge is 0.303 e. The first-order chi connectivity index (χ1) is 5.25. The molecule has 64 valence electrons. The molecule has 1 saturated carbocycles. The molecule has 0 aromatic heterocycles. The Hall–Kier alpha value is -0.0400. The summed E-state index contributed by atoms with van der Waals surface area (Å²) in [6.45, 7) is 3.75. The van der Waals surface area contributed by atoms with Gasteiger partial charge in [0, 0.05) is 6.04 Å². The highest BCUT2D eigenvalue weighted by atomic mass is 15.2. The van der Waals surface area contributed by atoms with E-state index in [1.54, 1.807) is 0 Å². The molecule has 1 nitrogen and oxygen atoms in total. The summed E-state index contributed by atoms with van der Waals surface area (Å²) in [7, 11) is 2.28. The predicted molar refractivity (Wildman–Crippen MR) is 47.6 cm³/mol. The van der Waals surface area contributed by atoms with Crippen LogP contribution in [0.5, 0.6) is 0 Å². The van der Waals surface area contributed by atoms with Crippen LogP contribution < -0.4 is 0 Å². The van der Waals surface area contributed by atoms with E-state index in [1.807, 2.05) is 0 Å². The molecule has 1 heterocycles. The molecule has 0 radical (unpaired) electrons. The number of nitrogens with zero attached hydrogens (tertiary/aromatic N) is 1. The minimum absolute atomic E-state index is 0.745. The van der Waals surface area contributed by atoms with Gasteiger partial charge in [-0.15, -0.1) is 0 Å². The summed E-state index contributed by atoms with van der Waals surface area (Å²) in [4.78, 5) is 2.53. The Labute approximate surface area is 69.8 Å². The van der Waals surface area contributed by atoms with Crippen LogP contribution in [-0.2, 0) is 0 Å². The number of hydrogen-bond acceptors (Lipinski definition) is 1. The highest BCUT2D eigenvalue weighted by molar-refractivity contribution is 4.98. The molecule has 2 rings (SSSR count). The first-order valence-electron chi connectivity index (χ1n) is 4.95. The molecule has 0 aromatic carbocycles. The van der Waals surface area contributed by atoms with Gasteiger partial charge in [-0.2, -0.15) is 0 Å². The van der Waals surface area contributed by atoms with Crippen molar-refractivity contribution in [2.24, 2.45) is 5.41 Å². The molecule has 2 aliphatic rings. The molecule has 0 aromatic rings. The standard InChI is InChI=1S/C10H19N/c1-9-10(5-3-4-6-10)7-8-11(9)2/h9H,3-8H2,1-2H3. The van der Waals surface area contributed by atoms with Gasteiger partial charge in [-0.05, 0) is 45.2 Å². The average Bonchev–Trinajstić information content (AvgIpc) is 2.56. The molecule has 0 bridgehead atoms. The lowest BCUT2D eigenvalue weighted by atomic mass is 9.79. The third kappa shape index (κ3) is 1.01. The molecule has 1 unspecified atom stereocenters. The summed E-state index contributed by atoms with van der Waals surface area (Å²) in [5, 5.41) is 0. The minimum Gasteiger partial charge on any atom is -0.303 e. The van der Waals surface area contributed by atoms with Gasteiger partial charge in [0.2, 0.25) is 0 Å². The molecule has 1 aliphatic heterocycles. The molecule has 1 atom stereocenters.